The molecule has 1 aliphatic rings. The topological polar surface area (TPSA) is 95.5 Å². The number of pyridine rings is 1. The highest BCUT2D eigenvalue weighted by atomic mass is 19.4. The molecule has 3 heterocycles. The Labute approximate surface area is 196 Å². The Bertz CT molecular complexity index is 1210. The second kappa shape index (κ2) is 9.04. The predicted molar refractivity (Wildman–Crippen MR) is 114 cm³/mol. The van der Waals surface area contributed by atoms with Crippen LogP contribution >= 0.6 is 0 Å². The number of aryl methyl sites for hydroxylation is 1. The number of amides is 1. The number of hydrogen-bond acceptors (Lipinski definition) is 6. The number of nitrogens with zero attached hydrogens (tertiary/aromatic N) is 4. The lowest BCUT2D eigenvalue weighted by Gasteiger charge is -2.20. The third kappa shape index (κ3) is 5.78. The summed E-state index contributed by atoms with van der Waals surface area (Å²) in [5.41, 5.74) is 7.22. The Morgan fingerprint density at radius 3 is 2.57 bits per heavy atom. The van der Waals surface area contributed by atoms with Crippen molar-refractivity contribution in [3.05, 3.63) is 54.6 Å². The van der Waals surface area contributed by atoms with Gasteiger partial charge in [0.2, 0.25) is 5.91 Å². The molecule has 8 nitrogen and oxygen atoms in total. The van der Waals surface area contributed by atoms with E-state index in [1.54, 1.807) is 24.1 Å². The quantitative estimate of drug-likeness (QED) is 0.525. The molecule has 186 valence electrons. The predicted octanol–water partition coefficient (Wildman–Crippen LogP) is 3.43. The smallest absolute Gasteiger partial charge is 0.478 e. The number of benzene rings is 1. The zero-order chi connectivity index (χ0) is 25.4. The summed E-state index contributed by atoms with van der Waals surface area (Å²) in [7, 11) is 1.77. The van der Waals surface area contributed by atoms with E-state index in [0.717, 1.165) is 17.0 Å². The van der Waals surface area contributed by atoms with Crippen molar-refractivity contribution >= 4 is 11.7 Å². The van der Waals surface area contributed by atoms with Crippen molar-refractivity contribution in [2.75, 3.05) is 18.8 Å². The average molecular weight is 497 g/mol. The number of likely N-dealkylation sites (tertiary alicyclic amines) is 1. The van der Waals surface area contributed by atoms with Crippen molar-refractivity contribution in [1.29, 1.82) is 0 Å². The number of ether oxygens (including phenoxy) is 2. The lowest BCUT2D eigenvalue weighted by Crippen LogP contribution is -2.36. The summed E-state index contributed by atoms with van der Waals surface area (Å²) in [4.78, 5) is 21.7. The second-order valence-electron chi connectivity index (χ2n) is 8.04. The fraction of sp³-hybridized carbons (Fsp3) is 0.318. The Kier molecular flexibility index (Phi) is 6.26. The summed E-state index contributed by atoms with van der Waals surface area (Å²) in [6.07, 6.45) is -2.08. The van der Waals surface area contributed by atoms with Crippen molar-refractivity contribution in [3.8, 4) is 22.8 Å². The molecule has 0 spiro atoms. The van der Waals surface area contributed by atoms with Crippen molar-refractivity contribution in [2.24, 2.45) is 7.05 Å². The Balaban J connectivity index is 1.43. The molecule has 13 heteroatoms. The third-order valence-corrected chi connectivity index (χ3v) is 5.28. The van der Waals surface area contributed by atoms with Gasteiger partial charge in [-0.15, -0.1) is 13.2 Å². The summed E-state index contributed by atoms with van der Waals surface area (Å²) < 4.78 is 77.2. The first-order valence-corrected chi connectivity index (χ1v) is 10.3. The van der Waals surface area contributed by atoms with E-state index in [1.807, 2.05) is 0 Å². The van der Waals surface area contributed by atoms with Gasteiger partial charge in [-0.05, 0) is 23.8 Å². The van der Waals surface area contributed by atoms with Gasteiger partial charge in [-0.25, -0.2) is 18.7 Å². The normalized spacial score (nSPS) is 17.4. The van der Waals surface area contributed by atoms with Crippen LogP contribution in [0.15, 0.2) is 49.1 Å². The number of alkyl halides is 5. The first kappa shape index (κ1) is 24.2. The average Bonchev–Trinajstić information content (AvgIpc) is 3.32. The van der Waals surface area contributed by atoms with Crippen LogP contribution in [0, 0.1) is 0 Å². The van der Waals surface area contributed by atoms with Crippen LogP contribution in [0.3, 0.4) is 0 Å². The van der Waals surface area contributed by atoms with Gasteiger partial charge < -0.3 is 24.7 Å². The number of nitrogens with two attached hydrogens (primary N) is 1. The third-order valence-electron chi connectivity index (χ3n) is 5.28. The maximum atomic E-state index is 14.7. The number of imidazole rings is 1. The maximum absolute atomic E-state index is 14.7. The van der Waals surface area contributed by atoms with Gasteiger partial charge in [0.1, 0.15) is 5.75 Å². The molecule has 1 amide bonds. The molecule has 1 aromatic carbocycles. The minimum atomic E-state index is -4.84. The van der Waals surface area contributed by atoms with Crippen LogP contribution < -0.4 is 15.2 Å². The molecule has 1 atom stereocenters. The van der Waals surface area contributed by atoms with E-state index in [0.29, 0.717) is 16.8 Å². The van der Waals surface area contributed by atoms with E-state index in [1.165, 1.54) is 24.4 Å². The standard InChI is InChI=1S/C22H20F5N5O3/c1-31-9-16(30-12-31)14-7-17(20(28)29-8-14)34-18-10-32(11-21(18,23)24)19(33)6-13-2-4-15(5-3-13)35-22(25,26)27/h2-5,7-9,12,18H,6,10-11H2,1H3,(H2,28,29)/t18-/m0/s1. The number of rotatable bonds is 6. The van der Waals surface area contributed by atoms with Crippen LogP contribution in [0.25, 0.3) is 11.3 Å². The summed E-state index contributed by atoms with van der Waals surface area (Å²) in [5, 5.41) is 0. The van der Waals surface area contributed by atoms with Crippen LogP contribution in [-0.2, 0) is 18.3 Å². The van der Waals surface area contributed by atoms with E-state index >= 15 is 0 Å². The minimum Gasteiger partial charge on any atom is -0.478 e. The van der Waals surface area contributed by atoms with Gasteiger partial charge in [0.15, 0.2) is 17.7 Å². The second-order valence-corrected chi connectivity index (χ2v) is 8.04. The molecule has 1 saturated heterocycles. The fourth-order valence-electron chi connectivity index (χ4n) is 3.57. The highest BCUT2D eigenvalue weighted by Crippen LogP contribution is 2.34. The molecule has 2 aromatic heterocycles. The van der Waals surface area contributed by atoms with Crippen LogP contribution in [0.2, 0.25) is 0 Å². The van der Waals surface area contributed by atoms with Crippen LogP contribution in [0.4, 0.5) is 27.8 Å². The van der Waals surface area contributed by atoms with E-state index < -0.39 is 43.1 Å². The van der Waals surface area contributed by atoms with Gasteiger partial charge in [0.25, 0.3) is 0 Å². The van der Waals surface area contributed by atoms with Crippen molar-refractivity contribution < 1.29 is 36.2 Å². The van der Waals surface area contributed by atoms with Crippen LogP contribution in [-0.4, -0.2) is 56.8 Å². The van der Waals surface area contributed by atoms with Gasteiger partial charge in [-0.3, -0.25) is 4.79 Å². The van der Waals surface area contributed by atoms with Gasteiger partial charge in [0, 0.05) is 25.0 Å². The largest absolute Gasteiger partial charge is 0.573 e. The summed E-state index contributed by atoms with van der Waals surface area (Å²) in [6.45, 7) is -1.28. The number of carbonyl (C=O) groups excluding carboxylic acids is 1. The monoisotopic (exact) mass is 497 g/mol. The number of aromatic nitrogens is 3. The molecule has 0 saturated carbocycles. The van der Waals surface area contributed by atoms with Crippen LogP contribution in [0.5, 0.6) is 11.5 Å². The SMILES string of the molecule is Cn1cnc(-c2cnc(N)c(O[C@H]3CN(C(=O)Cc4ccc(OC(F)(F)F)cc4)CC3(F)F)c2)c1. The molecule has 2 N–H and O–H groups in total. The molecular formula is C22H20F5N5O3. The highest BCUT2D eigenvalue weighted by molar-refractivity contribution is 5.79. The van der Waals surface area contributed by atoms with Crippen LogP contribution in [0.1, 0.15) is 5.56 Å². The lowest BCUT2D eigenvalue weighted by molar-refractivity contribution is -0.274. The van der Waals surface area contributed by atoms with E-state index in [9.17, 15) is 26.7 Å². The Morgan fingerprint density at radius 2 is 1.94 bits per heavy atom. The molecular weight excluding hydrogens is 477 g/mol. The van der Waals surface area contributed by atoms with Gasteiger partial charge in [-0.1, -0.05) is 12.1 Å². The molecule has 0 bridgehead atoms. The molecule has 1 aliphatic heterocycles. The van der Waals surface area contributed by atoms with E-state index in [-0.39, 0.29) is 18.0 Å². The molecule has 4 rings (SSSR count). The molecule has 0 aliphatic carbocycles. The number of anilines is 1. The van der Waals surface area contributed by atoms with E-state index in [2.05, 4.69) is 14.7 Å². The molecule has 0 unspecified atom stereocenters. The summed E-state index contributed by atoms with van der Waals surface area (Å²) >= 11 is 0. The lowest BCUT2D eigenvalue weighted by atomic mass is 10.1. The van der Waals surface area contributed by atoms with Crippen molar-refractivity contribution in [2.45, 2.75) is 24.8 Å². The Hall–Kier alpha value is -3.90. The summed E-state index contributed by atoms with van der Waals surface area (Å²) in [5.74, 6) is -4.60. The van der Waals surface area contributed by atoms with Gasteiger partial charge in [0.05, 0.1) is 31.5 Å². The zero-order valence-corrected chi connectivity index (χ0v) is 18.3. The highest BCUT2D eigenvalue weighted by Gasteiger charge is 2.51. The van der Waals surface area contributed by atoms with Gasteiger partial charge in [-0.2, -0.15) is 0 Å². The molecule has 35 heavy (non-hydrogen) atoms. The molecule has 1 fully saturated rings. The number of halogens is 5. The Morgan fingerprint density at radius 1 is 1.23 bits per heavy atom. The first-order valence-electron chi connectivity index (χ1n) is 10.3. The number of nitrogen functional groups attached to an aromatic ring is 1. The van der Waals surface area contributed by atoms with E-state index in [4.69, 9.17) is 10.5 Å². The van der Waals surface area contributed by atoms with Gasteiger partial charge >= 0.3 is 12.3 Å². The minimum absolute atomic E-state index is 0.0626. The number of hydrogen-bond donors (Lipinski definition) is 1. The molecule has 0 radical (unpaired) electrons. The maximum Gasteiger partial charge on any atom is 0.573 e. The zero-order valence-electron chi connectivity index (χ0n) is 18.3. The first-order chi connectivity index (χ1) is 16.4. The number of carbonyl (C=O) groups is 1. The van der Waals surface area contributed by atoms with Crippen molar-refractivity contribution in [3.63, 3.8) is 0 Å². The molecule has 3 aromatic rings. The summed E-state index contributed by atoms with van der Waals surface area (Å²) in [6, 6.07) is 6.07. The fourth-order valence-corrected chi connectivity index (χ4v) is 3.57. The van der Waals surface area contributed by atoms with Crippen molar-refractivity contribution in [1.82, 2.24) is 19.4 Å².